The van der Waals surface area contributed by atoms with E-state index < -0.39 is 18.1 Å². The number of rotatable bonds is 4. The number of Topliss-reactive ketones (excluding diaryl/α,β-unsaturated/α-hetero) is 1. The number of piperazine rings is 1. The molecule has 0 aromatic heterocycles. The van der Waals surface area contributed by atoms with E-state index in [4.69, 9.17) is 0 Å². The Balaban J connectivity index is 1.54. The Kier molecular flexibility index (Phi) is 4.77. The summed E-state index contributed by atoms with van der Waals surface area (Å²) >= 11 is 0. The number of carboxylic acid groups (broad SMARTS) is 1. The summed E-state index contributed by atoms with van der Waals surface area (Å²) in [5, 5.41) is 9.37. The summed E-state index contributed by atoms with van der Waals surface area (Å²) in [5.41, 5.74) is -0.166. The zero-order chi connectivity index (χ0) is 18.4. The highest BCUT2D eigenvalue weighted by atomic mass is 19.1. The molecule has 0 spiro atoms. The number of hydrogen-bond donors (Lipinski definition) is 1. The SMILES string of the molecule is CCN1CCN(C2CC3C(CC2F)C(=O)C(C(=O)O)=CN3C2CC2)CC1. The standard InChI is InChI=1S/C19H28FN3O3/c1-2-21-5-7-22(8-6-21)17-10-16-13(9-15(17)20)18(24)14(19(25)26)11-23(16)12-3-4-12/h11-13,15-17H,2-10H2,1H3,(H,25,26). The Morgan fingerprint density at radius 2 is 1.88 bits per heavy atom. The van der Waals surface area contributed by atoms with Gasteiger partial charge in [0.1, 0.15) is 11.7 Å². The molecule has 0 aromatic rings. The van der Waals surface area contributed by atoms with Gasteiger partial charge in [0.15, 0.2) is 5.78 Å². The van der Waals surface area contributed by atoms with Crippen LogP contribution < -0.4 is 0 Å². The monoisotopic (exact) mass is 365 g/mol. The molecule has 0 radical (unpaired) electrons. The Labute approximate surface area is 153 Å². The molecular weight excluding hydrogens is 337 g/mol. The lowest BCUT2D eigenvalue weighted by atomic mass is 9.73. The molecule has 2 saturated carbocycles. The van der Waals surface area contributed by atoms with Crippen LogP contribution in [-0.4, -0.2) is 88.6 Å². The maximum atomic E-state index is 15.0. The van der Waals surface area contributed by atoms with Gasteiger partial charge in [-0.2, -0.15) is 0 Å². The minimum Gasteiger partial charge on any atom is -0.478 e. The summed E-state index contributed by atoms with van der Waals surface area (Å²) in [6.45, 7) is 6.82. The number of carboxylic acids is 1. The van der Waals surface area contributed by atoms with Crippen molar-refractivity contribution in [3.8, 4) is 0 Å². The molecule has 2 aliphatic heterocycles. The molecule has 4 unspecified atom stereocenters. The van der Waals surface area contributed by atoms with Crippen molar-refractivity contribution in [3.63, 3.8) is 0 Å². The average molecular weight is 365 g/mol. The fourth-order valence-corrected chi connectivity index (χ4v) is 4.93. The summed E-state index contributed by atoms with van der Waals surface area (Å²) in [7, 11) is 0. The van der Waals surface area contributed by atoms with Crippen molar-refractivity contribution in [3.05, 3.63) is 11.8 Å². The van der Waals surface area contributed by atoms with E-state index in [2.05, 4.69) is 21.6 Å². The minimum absolute atomic E-state index is 0.0562. The molecule has 1 N–H and O–H groups in total. The highest BCUT2D eigenvalue weighted by molar-refractivity contribution is 6.18. The fourth-order valence-electron chi connectivity index (χ4n) is 4.93. The fraction of sp³-hybridized carbons (Fsp3) is 0.789. The third-order valence-electron chi connectivity index (χ3n) is 6.63. The molecule has 4 atom stereocenters. The van der Waals surface area contributed by atoms with Crippen LogP contribution in [-0.2, 0) is 9.59 Å². The highest BCUT2D eigenvalue weighted by Crippen LogP contribution is 2.42. The second-order valence-electron chi connectivity index (χ2n) is 8.09. The lowest BCUT2D eigenvalue weighted by Crippen LogP contribution is -2.60. The lowest BCUT2D eigenvalue weighted by molar-refractivity contribution is -0.138. The number of ketones is 1. The number of halogens is 1. The number of likely N-dealkylation sites (N-methyl/N-ethyl adjacent to an activating group) is 1. The van der Waals surface area contributed by atoms with E-state index in [1.54, 1.807) is 6.20 Å². The van der Waals surface area contributed by atoms with Gasteiger partial charge in [-0.1, -0.05) is 6.92 Å². The van der Waals surface area contributed by atoms with Gasteiger partial charge in [-0.25, -0.2) is 9.18 Å². The number of fused-ring (bicyclic) bond motifs is 1. The van der Waals surface area contributed by atoms with Crippen LogP contribution in [0.2, 0.25) is 0 Å². The Morgan fingerprint density at radius 3 is 2.46 bits per heavy atom. The number of carbonyl (C=O) groups is 2. The van der Waals surface area contributed by atoms with E-state index in [9.17, 15) is 14.7 Å². The first-order valence-corrected chi connectivity index (χ1v) is 9.86. The van der Waals surface area contributed by atoms with E-state index in [1.165, 1.54) is 0 Å². The molecule has 3 fully saturated rings. The van der Waals surface area contributed by atoms with Crippen LogP contribution in [0.5, 0.6) is 0 Å². The summed E-state index contributed by atoms with van der Waals surface area (Å²) in [6.07, 6.45) is 3.30. The quantitative estimate of drug-likeness (QED) is 0.754. The average Bonchev–Trinajstić information content (AvgIpc) is 3.47. The Bertz CT molecular complexity index is 613. The van der Waals surface area contributed by atoms with Crippen LogP contribution in [0, 0.1) is 5.92 Å². The third kappa shape index (κ3) is 3.16. The molecule has 0 bridgehead atoms. The smallest absolute Gasteiger partial charge is 0.340 e. The third-order valence-corrected chi connectivity index (χ3v) is 6.63. The number of aliphatic carboxylic acids is 1. The maximum Gasteiger partial charge on any atom is 0.340 e. The van der Waals surface area contributed by atoms with Crippen molar-refractivity contribution in [1.29, 1.82) is 0 Å². The Morgan fingerprint density at radius 1 is 1.19 bits per heavy atom. The Hall–Kier alpha value is -1.47. The summed E-state index contributed by atoms with van der Waals surface area (Å²) in [5.74, 6) is -2.08. The minimum atomic E-state index is -1.19. The van der Waals surface area contributed by atoms with Crippen LogP contribution in [0.25, 0.3) is 0 Å². The molecular formula is C19H28FN3O3. The van der Waals surface area contributed by atoms with Crippen molar-refractivity contribution in [2.24, 2.45) is 5.92 Å². The first kappa shape index (κ1) is 17.9. The van der Waals surface area contributed by atoms with Gasteiger partial charge in [0, 0.05) is 56.4 Å². The topological polar surface area (TPSA) is 64.1 Å². The van der Waals surface area contributed by atoms with Crippen LogP contribution in [0.1, 0.15) is 32.6 Å². The van der Waals surface area contributed by atoms with Gasteiger partial charge in [0.2, 0.25) is 0 Å². The molecule has 144 valence electrons. The van der Waals surface area contributed by atoms with E-state index in [1.807, 2.05) is 0 Å². The molecule has 7 heteroatoms. The van der Waals surface area contributed by atoms with E-state index in [-0.39, 0.29) is 29.9 Å². The summed E-state index contributed by atoms with van der Waals surface area (Å²) in [4.78, 5) is 30.8. The van der Waals surface area contributed by atoms with Crippen LogP contribution in [0.4, 0.5) is 4.39 Å². The largest absolute Gasteiger partial charge is 0.478 e. The van der Waals surface area contributed by atoms with E-state index in [0.29, 0.717) is 12.5 Å². The van der Waals surface area contributed by atoms with Gasteiger partial charge in [0.25, 0.3) is 0 Å². The normalized spacial score (nSPS) is 36.6. The van der Waals surface area contributed by atoms with Gasteiger partial charge in [-0.15, -0.1) is 0 Å². The van der Waals surface area contributed by atoms with Crippen LogP contribution in [0.15, 0.2) is 11.8 Å². The molecule has 0 aromatic carbocycles. The van der Waals surface area contributed by atoms with Crippen molar-refractivity contribution in [1.82, 2.24) is 14.7 Å². The molecule has 6 nitrogen and oxygen atoms in total. The first-order valence-electron chi connectivity index (χ1n) is 9.86. The number of nitrogens with zero attached hydrogens (tertiary/aromatic N) is 3. The molecule has 4 rings (SSSR count). The van der Waals surface area contributed by atoms with E-state index >= 15 is 4.39 Å². The van der Waals surface area contributed by atoms with Crippen molar-refractivity contribution >= 4 is 11.8 Å². The molecule has 2 aliphatic carbocycles. The number of carbonyl (C=O) groups excluding carboxylic acids is 1. The van der Waals surface area contributed by atoms with Gasteiger partial charge < -0.3 is 14.9 Å². The molecule has 2 heterocycles. The van der Waals surface area contributed by atoms with Crippen LogP contribution >= 0.6 is 0 Å². The van der Waals surface area contributed by atoms with Gasteiger partial charge in [-0.05, 0) is 32.2 Å². The van der Waals surface area contributed by atoms with Gasteiger partial charge in [0.05, 0.1) is 0 Å². The predicted molar refractivity (Wildman–Crippen MR) is 94.5 cm³/mol. The van der Waals surface area contributed by atoms with Crippen molar-refractivity contribution in [2.45, 2.75) is 56.9 Å². The van der Waals surface area contributed by atoms with Gasteiger partial charge in [-0.3, -0.25) is 9.69 Å². The molecule has 4 aliphatic rings. The molecule has 0 amide bonds. The zero-order valence-corrected chi connectivity index (χ0v) is 15.3. The first-order chi connectivity index (χ1) is 12.5. The van der Waals surface area contributed by atoms with Crippen molar-refractivity contribution < 1.29 is 19.1 Å². The predicted octanol–water partition coefficient (Wildman–Crippen LogP) is 1.12. The molecule has 26 heavy (non-hydrogen) atoms. The van der Waals surface area contributed by atoms with Crippen molar-refractivity contribution in [2.75, 3.05) is 32.7 Å². The lowest BCUT2D eigenvalue weighted by Gasteiger charge is -2.49. The number of alkyl halides is 1. The highest BCUT2D eigenvalue weighted by Gasteiger charge is 2.51. The second kappa shape index (κ2) is 6.93. The zero-order valence-electron chi connectivity index (χ0n) is 15.3. The second-order valence-corrected chi connectivity index (χ2v) is 8.09. The van der Waals surface area contributed by atoms with E-state index in [0.717, 1.165) is 45.6 Å². The number of hydrogen-bond acceptors (Lipinski definition) is 5. The summed E-state index contributed by atoms with van der Waals surface area (Å²) in [6, 6.07) is 0.0992. The van der Waals surface area contributed by atoms with Crippen LogP contribution in [0.3, 0.4) is 0 Å². The summed E-state index contributed by atoms with van der Waals surface area (Å²) < 4.78 is 15.0. The maximum absolute atomic E-state index is 15.0. The molecule has 1 saturated heterocycles. The van der Waals surface area contributed by atoms with Gasteiger partial charge >= 0.3 is 5.97 Å².